The van der Waals surface area contributed by atoms with E-state index in [4.69, 9.17) is 0 Å². The van der Waals surface area contributed by atoms with Crippen LogP contribution in [0.15, 0.2) is 121 Å². The van der Waals surface area contributed by atoms with E-state index in [1.165, 1.54) is 32.6 Å². The molecule has 0 bridgehead atoms. The molecule has 0 aromatic heterocycles. The Morgan fingerprint density at radius 2 is 0.675 bits per heavy atom. The number of benzene rings is 5. The van der Waals surface area contributed by atoms with E-state index in [0.29, 0.717) is 0 Å². The van der Waals surface area contributed by atoms with Crippen molar-refractivity contribution in [3.8, 4) is 22.3 Å². The van der Waals surface area contributed by atoms with E-state index >= 15 is 0 Å². The maximum Gasteiger partial charge on any atom is 0.155 e. The second-order valence-corrected chi connectivity index (χ2v) is 23.1. The van der Waals surface area contributed by atoms with Gasteiger partial charge in [-0.15, -0.1) is 0 Å². The third kappa shape index (κ3) is 3.07. The summed E-state index contributed by atoms with van der Waals surface area (Å²) in [5.41, 5.74) is 5.85. The third-order valence-corrected chi connectivity index (χ3v) is 21.7. The van der Waals surface area contributed by atoms with Crippen LogP contribution in [0.5, 0.6) is 0 Å². The fraction of sp³-hybridized carbons (Fsp3) is 0.211. The molecular formula is C38H38Si2. The molecule has 2 heterocycles. The average molecular weight is 551 g/mol. The minimum absolute atomic E-state index is 0.0973. The van der Waals surface area contributed by atoms with Crippen molar-refractivity contribution in [3.05, 3.63) is 121 Å². The van der Waals surface area contributed by atoms with Gasteiger partial charge in [-0.1, -0.05) is 163 Å². The van der Waals surface area contributed by atoms with Gasteiger partial charge >= 0.3 is 0 Å². The fourth-order valence-electron chi connectivity index (χ4n) is 8.53. The van der Waals surface area contributed by atoms with Crippen LogP contribution in [0.2, 0.25) is 10.1 Å². The molecule has 2 atom stereocenters. The largest absolute Gasteiger partial charge is 0.155 e. The van der Waals surface area contributed by atoms with Gasteiger partial charge in [-0.3, -0.25) is 0 Å². The molecule has 198 valence electrons. The van der Waals surface area contributed by atoms with Crippen molar-refractivity contribution in [1.82, 2.24) is 0 Å². The van der Waals surface area contributed by atoms with E-state index in [0.717, 1.165) is 0 Å². The highest BCUT2D eigenvalue weighted by Gasteiger charge is 2.58. The number of hydrogen-bond acceptors (Lipinski definition) is 0. The molecule has 0 spiro atoms. The summed E-state index contributed by atoms with van der Waals surface area (Å²) < 4.78 is 0. The van der Waals surface area contributed by atoms with Gasteiger partial charge in [0.05, 0.1) is 0 Å². The highest BCUT2D eigenvalue weighted by atomic mass is 28.3. The van der Waals surface area contributed by atoms with Crippen molar-refractivity contribution >= 4 is 47.3 Å². The molecule has 5 aromatic rings. The molecule has 0 radical (unpaired) electrons. The molecule has 0 unspecified atom stereocenters. The first-order valence-corrected chi connectivity index (χ1v) is 18.6. The molecule has 0 aliphatic carbocycles. The number of rotatable bonds is 2. The van der Waals surface area contributed by atoms with Crippen LogP contribution in [0.3, 0.4) is 0 Å². The van der Waals surface area contributed by atoms with E-state index in [1.807, 2.05) is 0 Å². The summed E-state index contributed by atoms with van der Waals surface area (Å²) in [5.74, 6) is 0. The third-order valence-electron chi connectivity index (χ3n) is 9.87. The zero-order chi connectivity index (χ0) is 27.9. The normalized spacial score (nSPS) is 20.9. The lowest BCUT2D eigenvalue weighted by atomic mass is 10.0. The van der Waals surface area contributed by atoms with Gasteiger partial charge in [0.2, 0.25) is 0 Å². The Balaban J connectivity index is 1.67. The van der Waals surface area contributed by atoms with Crippen molar-refractivity contribution in [2.24, 2.45) is 0 Å². The van der Waals surface area contributed by atoms with Crippen molar-refractivity contribution in [3.63, 3.8) is 0 Å². The molecule has 5 aromatic carbocycles. The molecule has 0 nitrogen and oxygen atoms in total. The summed E-state index contributed by atoms with van der Waals surface area (Å²) >= 11 is 0. The van der Waals surface area contributed by atoms with E-state index < -0.39 is 16.1 Å². The maximum absolute atomic E-state index is 2.68. The van der Waals surface area contributed by atoms with Gasteiger partial charge in [0, 0.05) is 0 Å². The zero-order valence-electron chi connectivity index (χ0n) is 24.5. The van der Waals surface area contributed by atoms with Crippen LogP contribution in [0.25, 0.3) is 22.3 Å². The molecular weight excluding hydrogens is 513 g/mol. The second kappa shape index (κ2) is 8.52. The van der Waals surface area contributed by atoms with Gasteiger partial charge in [0.15, 0.2) is 16.1 Å². The van der Waals surface area contributed by atoms with E-state index in [-0.39, 0.29) is 10.1 Å². The first-order valence-electron chi connectivity index (χ1n) is 14.6. The first kappa shape index (κ1) is 25.5. The van der Waals surface area contributed by atoms with Crippen LogP contribution >= 0.6 is 0 Å². The van der Waals surface area contributed by atoms with Crippen LogP contribution in [-0.2, 0) is 0 Å². The van der Waals surface area contributed by atoms with Crippen LogP contribution < -0.4 is 31.1 Å². The lowest BCUT2D eigenvalue weighted by Gasteiger charge is -2.43. The molecule has 0 amide bonds. The van der Waals surface area contributed by atoms with E-state index in [2.05, 4.69) is 163 Å². The molecule has 40 heavy (non-hydrogen) atoms. The van der Waals surface area contributed by atoms with Crippen LogP contribution in [0.4, 0.5) is 0 Å². The highest BCUT2D eigenvalue weighted by Crippen LogP contribution is 2.47. The summed E-state index contributed by atoms with van der Waals surface area (Å²) in [6, 6.07) is 47.0. The summed E-state index contributed by atoms with van der Waals surface area (Å²) in [5, 5.41) is 9.55. The Bertz CT molecular complexity index is 1620. The van der Waals surface area contributed by atoms with Crippen LogP contribution in [0, 0.1) is 0 Å². The summed E-state index contributed by atoms with van der Waals surface area (Å²) in [7, 11) is -4.74. The fourth-order valence-corrected chi connectivity index (χ4v) is 20.6. The van der Waals surface area contributed by atoms with Crippen molar-refractivity contribution in [1.29, 1.82) is 0 Å². The average Bonchev–Trinajstić information content (AvgIpc) is 3.41. The predicted octanol–water partition coefficient (Wildman–Crippen LogP) is 6.19. The predicted molar refractivity (Wildman–Crippen MR) is 179 cm³/mol. The van der Waals surface area contributed by atoms with Gasteiger partial charge in [0.25, 0.3) is 0 Å². The molecule has 0 fully saturated rings. The lowest BCUT2D eigenvalue weighted by Crippen LogP contribution is -2.71. The monoisotopic (exact) mass is 550 g/mol. The second-order valence-electron chi connectivity index (χ2n) is 13.8. The lowest BCUT2D eigenvalue weighted by molar-refractivity contribution is 0.739. The summed E-state index contributed by atoms with van der Waals surface area (Å²) in [6.07, 6.45) is 0. The molecule has 2 aliphatic heterocycles. The minimum Gasteiger partial charge on any atom is -0.0624 e. The van der Waals surface area contributed by atoms with Gasteiger partial charge in [-0.2, -0.15) is 0 Å². The SMILES string of the molecule is CC(C)(C)[Si@]1(c2ccccc2)c2ccccc2-c2cc3c(cc21)-c1ccccc1[Si@@]3(c1ccccc1)C(C)(C)C. The first-order chi connectivity index (χ1) is 19.1. The number of fused-ring (bicyclic) bond motifs is 6. The Kier molecular flexibility index (Phi) is 5.43. The quantitative estimate of drug-likeness (QED) is 0.230. The Morgan fingerprint density at radius 3 is 1.02 bits per heavy atom. The number of hydrogen-bond donors (Lipinski definition) is 0. The molecule has 7 rings (SSSR count). The summed E-state index contributed by atoms with van der Waals surface area (Å²) in [4.78, 5) is 0. The van der Waals surface area contributed by atoms with E-state index in [9.17, 15) is 0 Å². The van der Waals surface area contributed by atoms with E-state index in [1.54, 1.807) is 20.7 Å². The topological polar surface area (TPSA) is 0 Å². The molecule has 0 saturated carbocycles. The Hall–Kier alpha value is -3.47. The van der Waals surface area contributed by atoms with Gasteiger partial charge in [-0.25, -0.2) is 0 Å². The van der Waals surface area contributed by atoms with Crippen LogP contribution in [0.1, 0.15) is 41.5 Å². The van der Waals surface area contributed by atoms with Crippen LogP contribution in [-0.4, -0.2) is 16.1 Å². The standard InChI is InChI=1S/C38H38Si2/c1-37(2,3)39(27-17-9-7-10-18-27)33-23-15-13-21-29(33)31-26-36-32(25-35(31)39)30-22-14-16-24-34(30)40(36,38(4,5)6)28-19-11-8-12-20-28/h7-26H,1-6H3/t39-,40-/m1/s1. The molecule has 0 N–H and O–H groups in total. The minimum atomic E-state index is -2.37. The van der Waals surface area contributed by atoms with Gasteiger partial charge in [-0.05, 0) is 63.5 Å². The summed E-state index contributed by atoms with van der Waals surface area (Å²) in [6.45, 7) is 14.9. The molecule has 2 aliphatic rings. The highest BCUT2D eigenvalue weighted by molar-refractivity contribution is 7.17. The smallest absolute Gasteiger partial charge is 0.0624 e. The van der Waals surface area contributed by atoms with Crippen molar-refractivity contribution < 1.29 is 0 Å². The van der Waals surface area contributed by atoms with Gasteiger partial charge in [0.1, 0.15) is 0 Å². The molecule has 2 heteroatoms. The zero-order valence-corrected chi connectivity index (χ0v) is 26.5. The molecule has 0 saturated heterocycles. The van der Waals surface area contributed by atoms with Crippen molar-refractivity contribution in [2.75, 3.05) is 0 Å². The Labute approximate surface area is 241 Å². The van der Waals surface area contributed by atoms with Gasteiger partial charge < -0.3 is 0 Å². The maximum atomic E-state index is 2.68. The van der Waals surface area contributed by atoms with Crippen molar-refractivity contribution in [2.45, 2.75) is 51.6 Å². The Morgan fingerprint density at radius 1 is 0.350 bits per heavy atom.